The van der Waals surface area contributed by atoms with E-state index in [1.807, 2.05) is 25.1 Å². The van der Waals surface area contributed by atoms with Crippen LogP contribution in [0.15, 0.2) is 47.2 Å². The summed E-state index contributed by atoms with van der Waals surface area (Å²) in [5, 5.41) is 0. The standard InChI is InChI=1S/C15H16BrN3O/c1-2-19(10-11-5-7-18-8-6-11)15(20)13-9-12(16)3-4-14(13)17/h3-9H,2,10,17H2,1H3. The molecule has 0 fully saturated rings. The number of rotatable bonds is 4. The molecule has 2 N–H and O–H groups in total. The highest BCUT2D eigenvalue weighted by Crippen LogP contribution is 2.20. The molecule has 0 saturated heterocycles. The van der Waals surface area contributed by atoms with E-state index in [4.69, 9.17) is 5.73 Å². The van der Waals surface area contributed by atoms with E-state index in [0.717, 1.165) is 10.0 Å². The summed E-state index contributed by atoms with van der Waals surface area (Å²) in [7, 11) is 0. The number of benzene rings is 1. The van der Waals surface area contributed by atoms with E-state index < -0.39 is 0 Å². The molecule has 20 heavy (non-hydrogen) atoms. The molecule has 0 bridgehead atoms. The van der Waals surface area contributed by atoms with Gasteiger partial charge in [-0.3, -0.25) is 9.78 Å². The van der Waals surface area contributed by atoms with Crippen LogP contribution < -0.4 is 5.73 Å². The maximum atomic E-state index is 12.6. The molecule has 0 aliphatic heterocycles. The summed E-state index contributed by atoms with van der Waals surface area (Å²) in [5.41, 5.74) is 7.96. The van der Waals surface area contributed by atoms with E-state index in [9.17, 15) is 4.79 Å². The number of carbonyl (C=O) groups is 1. The van der Waals surface area contributed by atoms with Gasteiger partial charge in [-0.15, -0.1) is 0 Å². The van der Waals surface area contributed by atoms with Crippen LogP contribution in [-0.2, 0) is 6.54 Å². The highest BCUT2D eigenvalue weighted by atomic mass is 79.9. The summed E-state index contributed by atoms with van der Waals surface area (Å²) in [4.78, 5) is 18.3. The maximum absolute atomic E-state index is 12.6. The van der Waals surface area contributed by atoms with Crippen LogP contribution in [0.3, 0.4) is 0 Å². The Hall–Kier alpha value is -1.88. The first kappa shape index (κ1) is 14.5. The lowest BCUT2D eigenvalue weighted by atomic mass is 10.1. The van der Waals surface area contributed by atoms with Gasteiger partial charge in [-0.25, -0.2) is 0 Å². The molecule has 5 heteroatoms. The molecule has 0 atom stereocenters. The third-order valence-corrected chi connectivity index (χ3v) is 3.53. The molecule has 2 rings (SSSR count). The van der Waals surface area contributed by atoms with Crippen LogP contribution in [0.4, 0.5) is 5.69 Å². The summed E-state index contributed by atoms with van der Waals surface area (Å²) < 4.78 is 0.843. The molecule has 1 aromatic heterocycles. The largest absolute Gasteiger partial charge is 0.398 e. The van der Waals surface area contributed by atoms with Crippen molar-refractivity contribution in [3.63, 3.8) is 0 Å². The molecule has 2 aromatic rings. The van der Waals surface area contributed by atoms with Gasteiger partial charge >= 0.3 is 0 Å². The Kier molecular flexibility index (Phi) is 4.74. The van der Waals surface area contributed by atoms with E-state index in [1.54, 1.807) is 29.4 Å². The van der Waals surface area contributed by atoms with E-state index in [1.165, 1.54) is 0 Å². The van der Waals surface area contributed by atoms with Crippen molar-refractivity contribution in [3.05, 3.63) is 58.3 Å². The van der Waals surface area contributed by atoms with Gasteiger partial charge in [0.2, 0.25) is 0 Å². The molecule has 0 aliphatic rings. The second-order valence-corrected chi connectivity index (χ2v) is 5.32. The minimum atomic E-state index is -0.0666. The van der Waals surface area contributed by atoms with Crippen LogP contribution in [0, 0.1) is 0 Å². The number of halogens is 1. The molecule has 0 spiro atoms. The average Bonchev–Trinajstić information content (AvgIpc) is 2.47. The Morgan fingerprint density at radius 2 is 2.00 bits per heavy atom. The van der Waals surface area contributed by atoms with Gasteiger partial charge in [0.15, 0.2) is 0 Å². The fourth-order valence-electron chi connectivity index (χ4n) is 1.92. The Labute approximate surface area is 126 Å². The number of pyridine rings is 1. The predicted molar refractivity (Wildman–Crippen MR) is 83.2 cm³/mol. The van der Waals surface area contributed by atoms with Crippen molar-refractivity contribution in [2.75, 3.05) is 12.3 Å². The summed E-state index contributed by atoms with van der Waals surface area (Å²) in [6, 6.07) is 9.12. The highest BCUT2D eigenvalue weighted by molar-refractivity contribution is 9.10. The number of nitrogen functional groups attached to an aromatic ring is 1. The number of aromatic nitrogens is 1. The van der Waals surface area contributed by atoms with Crippen molar-refractivity contribution < 1.29 is 4.79 Å². The number of anilines is 1. The van der Waals surface area contributed by atoms with Crippen molar-refractivity contribution in [3.8, 4) is 0 Å². The van der Waals surface area contributed by atoms with Gasteiger partial charge in [-0.05, 0) is 42.8 Å². The zero-order valence-corrected chi connectivity index (χ0v) is 12.8. The summed E-state index contributed by atoms with van der Waals surface area (Å²) in [6.45, 7) is 3.12. The quantitative estimate of drug-likeness (QED) is 0.874. The Balaban J connectivity index is 2.23. The van der Waals surface area contributed by atoms with Crippen molar-refractivity contribution in [1.82, 2.24) is 9.88 Å². The minimum Gasteiger partial charge on any atom is -0.398 e. The van der Waals surface area contributed by atoms with Crippen LogP contribution in [0.2, 0.25) is 0 Å². The van der Waals surface area contributed by atoms with Gasteiger partial charge in [0.05, 0.1) is 5.56 Å². The Morgan fingerprint density at radius 1 is 1.30 bits per heavy atom. The van der Waals surface area contributed by atoms with E-state index in [0.29, 0.717) is 24.3 Å². The molecule has 0 aliphatic carbocycles. The lowest BCUT2D eigenvalue weighted by Gasteiger charge is -2.22. The van der Waals surface area contributed by atoms with Gasteiger partial charge in [0.25, 0.3) is 5.91 Å². The highest BCUT2D eigenvalue weighted by Gasteiger charge is 2.17. The first-order chi connectivity index (χ1) is 9.61. The van der Waals surface area contributed by atoms with Gasteiger partial charge in [-0.2, -0.15) is 0 Å². The van der Waals surface area contributed by atoms with Crippen LogP contribution in [0.25, 0.3) is 0 Å². The molecule has 1 amide bonds. The lowest BCUT2D eigenvalue weighted by molar-refractivity contribution is 0.0753. The van der Waals surface area contributed by atoms with Gasteiger partial charge in [0, 0.05) is 35.6 Å². The zero-order valence-electron chi connectivity index (χ0n) is 11.2. The van der Waals surface area contributed by atoms with E-state index in [2.05, 4.69) is 20.9 Å². The lowest BCUT2D eigenvalue weighted by Crippen LogP contribution is -2.30. The topological polar surface area (TPSA) is 59.2 Å². The molecular formula is C15H16BrN3O. The molecule has 1 aromatic carbocycles. The molecule has 104 valence electrons. The first-order valence-corrected chi connectivity index (χ1v) is 7.14. The fraction of sp³-hybridized carbons (Fsp3) is 0.200. The number of hydrogen-bond acceptors (Lipinski definition) is 3. The summed E-state index contributed by atoms with van der Waals surface area (Å²) in [6.07, 6.45) is 3.45. The summed E-state index contributed by atoms with van der Waals surface area (Å²) >= 11 is 3.37. The molecular weight excluding hydrogens is 318 g/mol. The van der Waals surface area contributed by atoms with E-state index >= 15 is 0 Å². The second kappa shape index (κ2) is 6.52. The average molecular weight is 334 g/mol. The number of carbonyl (C=O) groups excluding carboxylic acids is 1. The van der Waals surface area contributed by atoms with Gasteiger partial charge < -0.3 is 10.6 Å². The van der Waals surface area contributed by atoms with E-state index in [-0.39, 0.29) is 5.91 Å². The minimum absolute atomic E-state index is 0.0666. The molecule has 0 radical (unpaired) electrons. The number of hydrogen-bond donors (Lipinski definition) is 1. The number of nitrogens with two attached hydrogens (primary N) is 1. The zero-order chi connectivity index (χ0) is 14.5. The van der Waals surface area contributed by atoms with Crippen molar-refractivity contribution >= 4 is 27.5 Å². The van der Waals surface area contributed by atoms with Crippen LogP contribution in [0.5, 0.6) is 0 Å². The van der Waals surface area contributed by atoms with Crippen molar-refractivity contribution in [1.29, 1.82) is 0 Å². The van der Waals surface area contributed by atoms with Crippen LogP contribution in [-0.4, -0.2) is 22.3 Å². The molecule has 4 nitrogen and oxygen atoms in total. The monoisotopic (exact) mass is 333 g/mol. The maximum Gasteiger partial charge on any atom is 0.256 e. The fourth-order valence-corrected chi connectivity index (χ4v) is 2.28. The predicted octanol–water partition coefficient (Wildman–Crippen LogP) is 3.09. The third-order valence-electron chi connectivity index (χ3n) is 3.04. The normalized spacial score (nSPS) is 10.3. The molecule has 0 saturated carbocycles. The van der Waals surface area contributed by atoms with Crippen molar-refractivity contribution in [2.24, 2.45) is 0 Å². The Morgan fingerprint density at radius 3 is 2.65 bits per heavy atom. The summed E-state index contributed by atoms with van der Waals surface area (Å²) in [5.74, 6) is -0.0666. The second-order valence-electron chi connectivity index (χ2n) is 4.41. The SMILES string of the molecule is CCN(Cc1ccncc1)C(=O)c1cc(Br)ccc1N. The van der Waals surface area contributed by atoms with Gasteiger partial charge in [-0.1, -0.05) is 15.9 Å². The number of amides is 1. The number of nitrogens with zero attached hydrogens (tertiary/aromatic N) is 2. The Bertz CT molecular complexity index is 601. The van der Waals surface area contributed by atoms with Crippen LogP contribution in [0.1, 0.15) is 22.8 Å². The molecule has 1 heterocycles. The smallest absolute Gasteiger partial charge is 0.256 e. The van der Waals surface area contributed by atoms with Crippen LogP contribution >= 0.6 is 15.9 Å². The van der Waals surface area contributed by atoms with Gasteiger partial charge in [0.1, 0.15) is 0 Å². The first-order valence-electron chi connectivity index (χ1n) is 6.35. The third kappa shape index (κ3) is 3.36. The van der Waals surface area contributed by atoms with Crippen molar-refractivity contribution in [2.45, 2.75) is 13.5 Å². The molecule has 0 unspecified atom stereocenters.